The second-order valence-electron chi connectivity index (χ2n) is 2.02. The van der Waals surface area contributed by atoms with E-state index in [-0.39, 0.29) is 5.03 Å². The Hall–Kier alpha value is -0.450. The minimum atomic E-state index is -2.02. The molecule has 1 aromatic rings. The van der Waals surface area contributed by atoms with E-state index < -0.39 is 11.1 Å². The molecule has 0 radical (unpaired) electrons. The number of hydrogen-bond donors (Lipinski definition) is 1. The predicted octanol–water partition coefficient (Wildman–Crippen LogP) is 1.62. The average molecular weight is 192 g/mol. The summed E-state index contributed by atoms with van der Waals surface area (Å²) in [7, 11) is 0. The Bertz CT molecular complexity index is 303. The van der Waals surface area contributed by atoms with Crippen molar-refractivity contribution in [3.8, 4) is 0 Å². The molecular formula is C6H6ClNO2S. The normalized spacial score (nSPS) is 13.0. The predicted molar refractivity (Wildman–Crippen MR) is 43.0 cm³/mol. The van der Waals surface area contributed by atoms with Crippen molar-refractivity contribution in [3.63, 3.8) is 0 Å². The van der Waals surface area contributed by atoms with Gasteiger partial charge in [-0.1, -0.05) is 11.6 Å². The van der Waals surface area contributed by atoms with Crippen LogP contribution in [0.1, 0.15) is 5.56 Å². The summed E-state index contributed by atoms with van der Waals surface area (Å²) in [6.07, 6.45) is 1.36. The van der Waals surface area contributed by atoms with Crippen LogP contribution in [0, 0.1) is 6.92 Å². The van der Waals surface area contributed by atoms with E-state index in [0.717, 1.165) is 5.56 Å². The largest absolute Gasteiger partial charge is 0.301 e. The SMILES string of the molecule is Cc1cc(S(=O)O)ncc1Cl. The Labute approximate surface area is 71.7 Å². The fraction of sp³-hybridized carbons (Fsp3) is 0.167. The lowest BCUT2D eigenvalue weighted by molar-refractivity contribution is 0.560. The maximum atomic E-state index is 10.5. The maximum absolute atomic E-state index is 10.5. The first-order chi connectivity index (χ1) is 5.11. The number of aromatic nitrogens is 1. The molecule has 1 N–H and O–H groups in total. The zero-order chi connectivity index (χ0) is 8.43. The van der Waals surface area contributed by atoms with Crippen LogP contribution >= 0.6 is 11.6 Å². The van der Waals surface area contributed by atoms with E-state index in [1.54, 1.807) is 6.92 Å². The first kappa shape index (κ1) is 8.64. The van der Waals surface area contributed by atoms with Crippen molar-refractivity contribution in [2.45, 2.75) is 11.9 Å². The summed E-state index contributed by atoms with van der Waals surface area (Å²) in [5, 5.41) is 0.631. The van der Waals surface area contributed by atoms with Crippen LogP contribution in [-0.4, -0.2) is 13.7 Å². The van der Waals surface area contributed by atoms with Gasteiger partial charge in [0.1, 0.15) is 0 Å². The highest BCUT2D eigenvalue weighted by Crippen LogP contribution is 2.14. The van der Waals surface area contributed by atoms with Crippen LogP contribution in [0.5, 0.6) is 0 Å². The number of halogens is 1. The molecule has 1 aromatic heterocycles. The number of hydrogen-bond acceptors (Lipinski definition) is 2. The van der Waals surface area contributed by atoms with Crippen molar-refractivity contribution in [3.05, 3.63) is 22.8 Å². The van der Waals surface area contributed by atoms with Crippen LogP contribution in [-0.2, 0) is 11.1 Å². The average Bonchev–Trinajstić information content (AvgIpc) is 1.94. The van der Waals surface area contributed by atoms with Crippen LogP contribution in [0.2, 0.25) is 5.02 Å². The molecule has 0 aliphatic heterocycles. The Morgan fingerprint density at radius 1 is 1.73 bits per heavy atom. The molecule has 0 fully saturated rings. The van der Waals surface area contributed by atoms with Crippen molar-refractivity contribution >= 4 is 22.7 Å². The third kappa shape index (κ3) is 1.99. The number of nitrogens with zero attached hydrogens (tertiary/aromatic N) is 1. The van der Waals surface area contributed by atoms with Gasteiger partial charge in [0.05, 0.1) is 5.02 Å². The molecule has 1 atom stereocenters. The third-order valence-electron chi connectivity index (χ3n) is 1.20. The molecule has 0 aromatic carbocycles. The molecule has 0 spiro atoms. The molecule has 60 valence electrons. The molecule has 5 heteroatoms. The highest BCUT2D eigenvalue weighted by Gasteiger charge is 2.02. The molecule has 0 saturated carbocycles. The molecule has 1 heterocycles. The van der Waals surface area contributed by atoms with Crippen LogP contribution in [0.3, 0.4) is 0 Å². The molecule has 11 heavy (non-hydrogen) atoms. The summed E-state index contributed by atoms with van der Waals surface area (Å²) in [6, 6.07) is 1.48. The van der Waals surface area contributed by atoms with Gasteiger partial charge in [0.25, 0.3) is 0 Å². The summed E-state index contributed by atoms with van der Waals surface area (Å²) in [5.41, 5.74) is 0.749. The van der Waals surface area contributed by atoms with Gasteiger partial charge < -0.3 is 4.55 Å². The number of rotatable bonds is 1. The summed E-state index contributed by atoms with van der Waals surface area (Å²) in [6.45, 7) is 1.75. The molecule has 0 aliphatic rings. The lowest BCUT2D eigenvalue weighted by Gasteiger charge is -1.97. The fourth-order valence-electron chi connectivity index (χ4n) is 0.609. The zero-order valence-corrected chi connectivity index (χ0v) is 7.32. The molecule has 3 nitrogen and oxygen atoms in total. The highest BCUT2D eigenvalue weighted by atomic mass is 35.5. The van der Waals surface area contributed by atoms with Gasteiger partial charge in [-0.3, -0.25) is 0 Å². The Morgan fingerprint density at radius 2 is 2.36 bits per heavy atom. The third-order valence-corrected chi connectivity index (χ3v) is 2.18. The lowest BCUT2D eigenvalue weighted by Crippen LogP contribution is -1.93. The van der Waals surface area contributed by atoms with E-state index in [1.165, 1.54) is 12.3 Å². The molecular weight excluding hydrogens is 186 g/mol. The van der Waals surface area contributed by atoms with Crippen LogP contribution < -0.4 is 0 Å². The van der Waals surface area contributed by atoms with E-state index in [2.05, 4.69) is 4.98 Å². The van der Waals surface area contributed by atoms with Gasteiger partial charge in [-0.2, -0.15) is 0 Å². The topological polar surface area (TPSA) is 50.2 Å². The van der Waals surface area contributed by atoms with Gasteiger partial charge in [-0.25, -0.2) is 9.19 Å². The Morgan fingerprint density at radius 3 is 2.82 bits per heavy atom. The van der Waals surface area contributed by atoms with E-state index >= 15 is 0 Å². The van der Waals surface area contributed by atoms with E-state index in [1.807, 2.05) is 0 Å². The van der Waals surface area contributed by atoms with Crippen molar-refractivity contribution < 1.29 is 8.76 Å². The summed E-state index contributed by atoms with van der Waals surface area (Å²) in [5.74, 6) is 0. The summed E-state index contributed by atoms with van der Waals surface area (Å²) < 4.78 is 19.1. The minimum absolute atomic E-state index is 0.131. The van der Waals surface area contributed by atoms with Gasteiger partial charge in [0.2, 0.25) is 11.1 Å². The molecule has 0 aliphatic carbocycles. The Kier molecular flexibility index (Phi) is 2.59. The summed E-state index contributed by atoms with van der Waals surface area (Å²) in [4.78, 5) is 3.66. The van der Waals surface area contributed by atoms with Gasteiger partial charge in [-0.15, -0.1) is 0 Å². The molecule has 1 unspecified atom stereocenters. The molecule has 0 saturated heterocycles. The summed E-state index contributed by atoms with van der Waals surface area (Å²) >= 11 is 3.62. The standard InChI is InChI=1S/C6H6ClNO2S/c1-4-2-6(11(9)10)8-3-5(4)7/h2-3H,1H3,(H,9,10). The second kappa shape index (κ2) is 3.30. The first-order valence-corrected chi connectivity index (χ1v) is 4.32. The first-order valence-electron chi connectivity index (χ1n) is 2.84. The van der Waals surface area contributed by atoms with Gasteiger partial charge in [0.15, 0.2) is 5.03 Å². The monoisotopic (exact) mass is 191 g/mol. The molecule has 1 rings (SSSR count). The van der Waals surface area contributed by atoms with Crippen LogP contribution in [0.15, 0.2) is 17.3 Å². The van der Waals surface area contributed by atoms with Gasteiger partial charge in [-0.05, 0) is 18.6 Å². The fourth-order valence-corrected chi connectivity index (χ4v) is 1.13. The van der Waals surface area contributed by atoms with Gasteiger partial charge in [0, 0.05) is 6.20 Å². The van der Waals surface area contributed by atoms with E-state index in [4.69, 9.17) is 16.2 Å². The smallest absolute Gasteiger partial charge is 0.205 e. The molecule has 0 bridgehead atoms. The minimum Gasteiger partial charge on any atom is -0.301 e. The quantitative estimate of drug-likeness (QED) is 0.687. The van der Waals surface area contributed by atoms with Crippen LogP contribution in [0.4, 0.5) is 0 Å². The second-order valence-corrected chi connectivity index (χ2v) is 3.34. The van der Waals surface area contributed by atoms with Crippen molar-refractivity contribution in [2.75, 3.05) is 0 Å². The van der Waals surface area contributed by atoms with E-state index in [9.17, 15) is 4.21 Å². The van der Waals surface area contributed by atoms with E-state index in [0.29, 0.717) is 5.02 Å². The lowest BCUT2D eigenvalue weighted by atomic mass is 10.3. The van der Waals surface area contributed by atoms with Crippen molar-refractivity contribution in [2.24, 2.45) is 0 Å². The maximum Gasteiger partial charge on any atom is 0.205 e. The molecule has 0 amide bonds. The van der Waals surface area contributed by atoms with Crippen LogP contribution in [0.25, 0.3) is 0 Å². The number of pyridine rings is 1. The number of aryl methyl sites for hydroxylation is 1. The highest BCUT2D eigenvalue weighted by molar-refractivity contribution is 7.79. The van der Waals surface area contributed by atoms with Crippen molar-refractivity contribution in [1.82, 2.24) is 4.98 Å². The van der Waals surface area contributed by atoms with Gasteiger partial charge >= 0.3 is 0 Å². The Balaban J connectivity index is 3.15. The zero-order valence-electron chi connectivity index (χ0n) is 5.74. The van der Waals surface area contributed by atoms with Crippen molar-refractivity contribution in [1.29, 1.82) is 0 Å².